The summed E-state index contributed by atoms with van der Waals surface area (Å²) in [5.74, 6) is -2.08. The van der Waals surface area contributed by atoms with Crippen LogP contribution in [0.1, 0.15) is 20.8 Å². The molecule has 12 heteroatoms. The Hall–Kier alpha value is -0.594. The number of thiol groups is 1. The molecule has 0 bridgehead atoms. The first-order chi connectivity index (χ1) is 10.7. The molecule has 0 rings (SSSR count). The number of esters is 1. The van der Waals surface area contributed by atoms with E-state index >= 15 is 0 Å². The van der Waals surface area contributed by atoms with Gasteiger partial charge in [0.25, 0.3) is 5.24 Å². The van der Waals surface area contributed by atoms with Crippen molar-refractivity contribution in [3.63, 3.8) is 0 Å². The van der Waals surface area contributed by atoms with Crippen molar-refractivity contribution in [3.05, 3.63) is 6.42 Å². The number of amides is 3. The molecule has 0 aliphatic heterocycles. The SMILES string of the molecule is C[CH-]C(=O)NC(COC(=O)C(C)NC(=O)S)C(=O)NC(C)[C-]=O.[U].[V]. The summed E-state index contributed by atoms with van der Waals surface area (Å²) in [6, 6.07) is -3.05. The van der Waals surface area contributed by atoms with Crippen molar-refractivity contribution in [1.82, 2.24) is 16.0 Å². The van der Waals surface area contributed by atoms with Gasteiger partial charge in [-0.25, -0.2) is 11.1 Å². The Kier molecular flexibility index (Phi) is 18.3. The molecule has 0 saturated carbocycles. The van der Waals surface area contributed by atoms with Gasteiger partial charge in [-0.1, -0.05) is 25.6 Å². The van der Waals surface area contributed by atoms with Crippen LogP contribution in [-0.2, 0) is 42.5 Å². The first-order valence-corrected chi connectivity index (χ1v) is 7.10. The van der Waals surface area contributed by atoms with E-state index in [1.165, 1.54) is 27.2 Å². The van der Waals surface area contributed by atoms with E-state index < -0.39 is 47.8 Å². The molecule has 0 spiro atoms. The average Bonchev–Trinajstić information content (AvgIpc) is 2.49. The van der Waals surface area contributed by atoms with Crippen LogP contribution in [0.4, 0.5) is 4.79 Å². The minimum atomic E-state index is -1.20. The van der Waals surface area contributed by atoms with E-state index in [-0.39, 0.29) is 49.7 Å². The maximum atomic E-state index is 11.9. The maximum absolute atomic E-state index is 11.9. The number of rotatable bonds is 9. The second-order valence-electron chi connectivity index (χ2n) is 4.50. The third-order valence-electron chi connectivity index (χ3n) is 2.52. The van der Waals surface area contributed by atoms with Gasteiger partial charge in [0.2, 0.25) is 5.91 Å². The molecule has 0 aliphatic carbocycles. The van der Waals surface area contributed by atoms with E-state index in [0.29, 0.717) is 0 Å². The Labute approximate surface area is 187 Å². The summed E-state index contributed by atoms with van der Waals surface area (Å²) in [6.07, 6.45) is 2.74. The van der Waals surface area contributed by atoms with E-state index in [2.05, 4.69) is 28.6 Å². The Bertz CT molecular complexity index is 483. The van der Waals surface area contributed by atoms with Crippen molar-refractivity contribution in [2.24, 2.45) is 0 Å². The monoisotopic (exact) mass is 634 g/mol. The van der Waals surface area contributed by atoms with Gasteiger partial charge >= 0.3 is 5.97 Å². The largest absolute Gasteiger partial charge is 0.540 e. The Morgan fingerprint density at radius 3 is 2.16 bits per heavy atom. The fourth-order valence-electron chi connectivity index (χ4n) is 1.32. The van der Waals surface area contributed by atoms with Crippen LogP contribution in [0.25, 0.3) is 0 Å². The molecule has 3 amide bonds. The molecule has 9 nitrogen and oxygen atoms in total. The normalized spacial score (nSPS) is 12.6. The van der Waals surface area contributed by atoms with Crippen LogP contribution in [0.2, 0.25) is 0 Å². The second kappa shape index (κ2) is 15.6. The molecule has 0 aromatic rings. The zero-order valence-electron chi connectivity index (χ0n) is 13.9. The van der Waals surface area contributed by atoms with Gasteiger partial charge in [-0.15, -0.1) is 0 Å². The van der Waals surface area contributed by atoms with Gasteiger partial charge in [0.05, 0.1) is 5.91 Å². The minimum Gasteiger partial charge on any atom is -0.540 e. The Morgan fingerprint density at radius 2 is 1.72 bits per heavy atom. The summed E-state index contributed by atoms with van der Waals surface area (Å²) in [5, 5.41) is 6.07. The van der Waals surface area contributed by atoms with Crippen LogP contribution in [-0.4, -0.2) is 54.0 Å². The van der Waals surface area contributed by atoms with Gasteiger partial charge in [0, 0.05) is 49.7 Å². The molecule has 139 valence electrons. The standard InChI is InChI=1S/C13H19N3O6S.U.V/c1-4-10(18)16-9(11(19)14-7(2)5-17)6-22-12(20)8(3)15-13(21)23;;/h4,7-9H,6H2,1-3H3,(H,14,19)(H,16,18)(H2,15,21,23);;/q-2;;. The molecular weight excluding hydrogens is 615 g/mol. The quantitative estimate of drug-likeness (QED) is 0.145. The zero-order valence-corrected chi connectivity index (χ0v) is 20.3. The molecule has 3 unspecified atom stereocenters. The van der Waals surface area contributed by atoms with E-state index in [9.17, 15) is 24.0 Å². The van der Waals surface area contributed by atoms with Crippen molar-refractivity contribution < 1.29 is 78.4 Å². The third-order valence-corrected chi connectivity index (χ3v) is 2.65. The first kappa shape index (κ1) is 29.2. The van der Waals surface area contributed by atoms with Gasteiger partial charge in [0.1, 0.15) is 18.7 Å². The van der Waals surface area contributed by atoms with Crippen molar-refractivity contribution in [2.75, 3.05) is 6.61 Å². The van der Waals surface area contributed by atoms with Gasteiger partial charge in [-0.3, -0.25) is 9.59 Å². The zero-order chi connectivity index (χ0) is 18.0. The summed E-state index contributed by atoms with van der Waals surface area (Å²) < 4.78 is 4.87. The molecule has 0 saturated heterocycles. The summed E-state index contributed by atoms with van der Waals surface area (Å²) >= 11 is 3.46. The smallest absolute Gasteiger partial charge is 0.328 e. The Balaban J connectivity index is -0.00000242. The third kappa shape index (κ3) is 13.3. The van der Waals surface area contributed by atoms with E-state index in [1.807, 2.05) is 0 Å². The molecule has 0 aromatic carbocycles. The van der Waals surface area contributed by atoms with Crippen LogP contribution in [0.3, 0.4) is 0 Å². The molecule has 3 N–H and O–H groups in total. The van der Waals surface area contributed by atoms with E-state index in [0.717, 1.165) is 0 Å². The van der Waals surface area contributed by atoms with Crippen molar-refractivity contribution in [3.8, 4) is 0 Å². The summed E-state index contributed by atoms with van der Waals surface area (Å²) in [4.78, 5) is 56.1. The van der Waals surface area contributed by atoms with Gasteiger partial charge in [-0.05, 0) is 6.92 Å². The summed E-state index contributed by atoms with van der Waals surface area (Å²) in [7, 11) is 0. The molecule has 0 heterocycles. The second-order valence-corrected chi connectivity index (χ2v) is 4.91. The van der Waals surface area contributed by atoms with Crippen LogP contribution >= 0.6 is 12.6 Å². The van der Waals surface area contributed by atoms with Crippen LogP contribution in [0.5, 0.6) is 0 Å². The van der Waals surface area contributed by atoms with Gasteiger partial charge < -0.3 is 36.7 Å². The van der Waals surface area contributed by atoms with Gasteiger partial charge in [0.15, 0.2) is 0 Å². The molecule has 3 atom stereocenters. The van der Waals surface area contributed by atoms with Crippen LogP contribution in [0, 0.1) is 37.5 Å². The molecule has 0 aliphatic rings. The molecule has 0 aromatic heterocycles. The molecule has 25 heavy (non-hydrogen) atoms. The first-order valence-electron chi connectivity index (χ1n) is 6.65. The van der Waals surface area contributed by atoms with Crippen molar-refractivity contribution >= 4 is 41.9 Å². The summed E-state index contributed by atoms with van der Waals surface area (Å²) in [6.45, 7) is 3.75. The van der Waals surface area contributed by atoms with Crippen LogP contribution in [0.15, 0.2) is 0 Å². The number of ether oxygens (including phenoxy) is 1. The maximum Gasteiger partial charge on any atom is 0.328 e. The van der Waals surface area contributed by atoms with Gasteiger partial charge in [-0.2, -0.15) is 6.92 Å². The summed E-state index contributed by atoms with van der Waals surface area (Å²) in [5.41, 5.74) is 0. The number of carbonyl (C=O) groups excluding carboxylic acids is 5. The number of carbonyl (C=O) groups is 4. The van der Waals surface area contributed by atoms with Crippen molar-refractivity contribution in [1.29, 1.82) is 0 Å². The minimum absolute atomic E-state index is 0. The van der Waals surface area contributed by atoms with E-state index in [4.69, 9.17) is 4.74 Å². The number of hydrogen-bond donors (Lipinski definition) is 4. The molecule has 0 fully saturated rings. The number of hydrogen-bond acceptors (Lipinski definition) is 6. The van der Waals surface area contributed by atoms with Crippen LogP contribution < -0.4 is 16.0 Å². The molecule has 1 radical (unpaired) electrons. The Morgan fingerprint density at radius 1 is 1.16 bits per heavy atom. The number of nitrogens with one attached hydrogen (secondary N) is 3. The molecular formula is C13H19N3O6SUV-2. The average molecular weight is 634 g/mol. The predicted octanol–water partition coefficient (Wildman–Crippen LogP) is -1.12. The van der Waals surface area contributed by atoms with E-state index in [1.54, 1.807) is 6.29 Å². The predicted molar refractivity (Wildman–Crippen MR) is 83.1 cm³/mol. The fraction of sp³-hybridized carbons (Fsp3) is 0.538. The topological polar surface area (TPSA) is 131 Å². The van der Waals surface area contributed by atoms with Crippen molar-refractivity contribution in [2.45, 2.75) is 38.9 Å². The fourth-order valence-corrected chi connectivity index (χ4v) is 1.51.